The van der Waals surface area contributed by atoms with Gasteiger partial charge in [0.1, 0.15) is 5.82 Å². The van der Waals surface area contributed by atoms with Crippen molar-refractivity contribution in [3.8, 4) is 0 Å². The molecular weight excluding hydrogens is 164 g/mol. The Bertz CT molecular complexity index is 296. The highest BCUT2D eigenvalue weighted by Crippen LogP contribution is 2.19. The van der Waals surface area contributed by atoms with Crippen LogP contribution in [0, 0.1) is 0 Å². The van der Waals surface area contributed by atoms with Gasteiger partial charge in [0, 0.05) is 19.2 Å². The van der Waals surface area contributed by atoms with E-state index in [9.17, 15) is 0 Å². The van der Waals surface area contributed by atoms with Gasteiger partial charge in [-0.1, -0.05) is 0 Å². The van der Waals surface area contributed by atoms with Crippen LogP contribution in [0.15, 0.2) is 12.3 Å². The topological polar surface area (TPSA) is 68.2 Å². The lowest BCUT2D eigenvalue weighted by Crippen LogP contribution is -2.26. The number of nitrogens with two attached hydrogens (primary N) is 2. The minimum atomic E-state index is 0.399. The maximum Gasteiger partial charge on any atom is 0.130 e. The lowest BCUT2D eigenvalue weighted by Gasteiger charge is -2.22. The fourth-order valence-electron chi connectivity index (χ4n) is 0.927. The van der Waals surface area contributed by atoms with Crippen LogP contribution in [0.3, 0.4) is 0 Å². The fraction of sp³-hybridized carbons (Fsp3) is 0.444. The number of rotatable bonds is 2. The predicted molar refractivity (Wildman–Crippen MR) is 56.6 cm³/mol. The fourth-order valence-corrected chi connectivity index (χ4v) is 0.927. The van der Waals surface area contributed by atoms with Gasteiger partial charge in [-0.3, -0.25) is 0 Å². The van der Waals surface area contributed by atoms with Crippen LogP contribution in [0.1, 0.15) is 13.8 Å². The van der Waals surface area contributed by atoms with Gasteiger partial charge in [-0.2, -0.15) is 0 Å². The van der Waals surface area contributed by atoms with E-state index in [2.05, 4.69) is 18.8 Å². The van der Waals surface area contributed by atoms with Crippen molar-refractivity contribution >= 4 is 17.2 Å². The highest BCUT2D eigenvalue weighted by atomic mass is 15.2. The molecular formula is C9H16N4. The summed E-state index contributed by atoms with van der Waals surface area (Å²) in [6.07, 6.45) is 1.59. The molecule has 1 heterocycles. The van der Waals surface area contributed by atoms with Crippen molar-refractivity contribution in [3.63, 3.8) is 0 Å². The van der Waals surface area contributed by atoms with Crippen LogP contribution >= 0.6 is 0 Å². The molecule has 0 saturated carbocycles. The van der Waals surface area contributed by atoms with Crippen molar-refractivity contribution in [1.82, 2.24) is 4.98 Å². The van der Waals surface area contributed by atoms with Gasteiger partial charge in [-0.25, -0.2) is 4.98 Å². The van der Waals surface area contributed by atoms with E-state index in [0.29, 0.717) is 17.4 Å². The normalized spacial score (nSPS) is 10.5. The minimum Gasteiger partial charge on any atom is -0.397 e. The second-order valence-electron chi connectivity index (χ2n) is 3.38. The summed E-state index contributed by atoms with van der Waals surface area (Å²) >= 11 is 0. The molecule has 1 aromatic heterocycles. The second-order valence-corrected chi connectivity index (χ2v) is 3.38. The number of anilines is 3. The molecule has 0 radical (unpaired) electrons. The quantitative estimate of drug-likeness (QED) is 0.715. The van der Waals surface area contributed by atoms with Gasteiger partial charge < -0.3 is 16.4 Å². The molecule has 4 N–H and O–H groups in total. The molecule has 72 valence electrons. The van der Waals surface area contributed by atoms with Crippen molar-refractivity contribution in [2.45, 2.75) is 19.9 Å². The molecule has 0 unspecified atom stereocenters. The number of hydrogen-bond acceptors (Lipinski definition) is 4. The first-order chi connectivity index (χ1) is 6.02. The number of pyridine rings is 1. The van der Waals surface area contributed by atoms with E-state index in [1.165, 1.54) is 0 Å². The largest absolute Gasteiger partial charge is 0.397 e. The van der Waals surface area contributed by atoms with Gasteiger partial charge in [-0.15, -0.1) is 0 Å². The van der Waals surface area contributed by atoms with Crippen LogP contribution in [0.2, 0.25) is 0 Å². The molecule has 0 bridgehead atoms. The van der Waals surface area contributed by atoms with Crippen LogP contribution in [0.4, 0.5) is 17.2 Å². The zero-order chi connectivity index (χ0) is 10.0. The van der Waals surface area contributed by atoms with E-state index >= 15 is 0 Å². The molecule has 0 aliphatic carbocycles. The van der Waals surface area contributed by atoms with Crippen molar-refractivity contribution < 1.29 is 0 Å². The van der Waals surface area contributed by atoms with Gasteiger partial charge in [0.2, 0.25) is 0 Å². The summed E-state index contributed by atoms with van der Waals surface area (Å²) in [5.74, 6) is 0.849. The zero-order valence-electron chi connectivity index (χ0n) is 8.28. The van der Waals surface area contributed by atoms with Crippen molar-refractivity contribution in [1.29, 1.82) is 0 Å². The summed E-state index contributed by atoms with van der Waals surface area (Å²) < 4.78 is 0. The van der Waals surface area contributed by atoms with E-state index in [0.717, 1.165) is 5.82 Å². The number of hydrogen-bond donors (Lipinski definition) is 2. The molecule has 1 rings (SSSR count). The molecule has 4 nitrogen and oxygen atoms in total. The molecule has 0 aromatic carbocycles. The number of aromatic nitrogens is 1. The molecule has 0 spiro atoms. The highest BCUT2D eigenvalue weighted by molar-refractivity contribution is 5.66. The van der Waals surface area contributed by atoms with Crippen molar-refractivity contribution in [3.05, 3.63) is 12.3 Å². The Morgan fingerprint density at radius 3 is 2.38 bits per heavy atom. The van der Waals surface area contributed by atoms with Gasteiger partial charge in [0.05, 0.1) is 17.6 Å². The van der Waals surface area contributed by atoms with Crippen molar-refractivity contribution in [2.75, 3.05) is 23.4 Å². The van der Waals surface area contributed by atoms with Crippen LogP contribution in [-0.2, 0) is 0 Å². The van der Waals surface area contributed by atoms with Gasteiger partial charge in [-0.05, 0) is 13.8 Å². The first-order valence-electron chi connectivity index (χ1n) is 4.26. The van der Waals surface area contributed by atoms with E-state index in [1.807, 2.05) is 11.9 Å². The van der Waals surface area contributed by atoms with E-state index < -0.39 is 0 Å². The molecule has 0 aliphatic heterocycles. The average molecular weight is 180 g/mol. The first-order valence-corrected chi connectivity index (χ1v) is 4.26. The molecule has 0 amide bonds. The summed E-state index contributed by atoms with van der Waals surface area (Å²) in [6.45, 7) is 4.18. The Balaban J connectivity index is 2.97. The van der Waals surface area contributed by atoms with Crippen LogP contribution < -0.4 is 16.4 Å². The third kappa shape index (κ3) is 2.02. The molecule has 13 heavy (non-hydrogen) atoms. The van der Waals surface area contributed by atoms with Gasteiger partial charge >= 0.3 is 0 Å². The van der Waals surface area contributed by atoms with Gasteiger partial charge in [0.25, 0.3) is 0 Å². The zero-order valence-corrected chi connectivity index (χ0v) is 8.28. The molecule has 0 atom stereocenters. The lowest BCUT2D eigenvalue weighted by atomic mass is 10.3. The Kier molecular flexibility index (Phi) is 2.60. The van der Waals surface area contributed by atoms with Crippen LogP contribution in [0.25, 0.3) is 0 Å². The summed E-state index contributed by atoms with van der Waals surface area (Å²) in [5.41, 5.74) is 12.3. The third-order valence-electron chi connectivity index (χ3n) is 2.09. The number of nitrogen functional groups attached to an aromatic ring is 2. The Hall–Kier alpha value is -1.45. The summed E-state index contributed by atoms with van der Waals surface area (Å²) in [5, 5.41) is 0. The standard InChI is InChI=1S/C9H16N4/c1-6(2)13(3)9-4-7(10)8(11)5-12-9/h4-6H,11H2,1-3H3,(H2,10,12). The Labute approximate surface area is 78.6 Å². The van der Waals surface area contributed by atoms with Gasteiger partial charge in [0.15, 0.2) is 0 Å². The summed E-state index contributed by atoms with van der Waals surface area (Å²) in [7, 11) is 1.97. The average Bonchev–Trinajstić information content (AvgIpc) is 2.08. The molecule has 0 aliphatic rings. The summed E-state index contributed by atoms with van der Waals surface area (Å²) in [4.78, 5) is 6.22. The Morgan fingerprint density at radius 1 is 1.31 bits per heavy atom. The minimum absolute atomic E-state index is 0.399. The summed E-state index contributed by atoms with van der Waals surface area (Å²) in [6, 6.07) is 2.19. The molecule has 0 saturated heterocycles. The molecule has 0 fully saturated rings. The molecule has 4 heteroatoms. The van der Waals surface area contributed by atoms with Crippen LogP contribution in [0.5, 0.6) is 0 Å². The maximum atomic E-state index is 5.67. The van der Waals surface area contributed by atoms with E-state index in [-0.39, 0.29) is 0 Å². The Morgan fingerprint density at radius 2 is 1.92 bits per heavy atom. The first kappa shape index (κ1) is 9.64. The second kappa shape index (κ2) is 3.51. The lowest BCUT2D eigenvalue weighted by molar-refractivity contribution is 0.744. The van der Waals surface area contributed by atoms with E-state index in [1.54, 1.807) is 12.3 Å². The predicted octanol–water partition coefficient (Wildman–Crippen LogP) is 1.09. The number of nitrogens with zero attached hydrogens (tertiary/aromatic N) is 2. The highest BCUT2D eigenvalue weighted by Gasteiger charge is 2.07. The van der Waals surface area contributed by atoms with Crippen LogP contribution in [-0.4, -0.2) is 18.1 Å². The van der Waals surface area contributed by atoms with Crippen molar-refractivity contribution in [2.24, 2.45) is 0 Å². The monoisotopic (exact) mass is 180 g/mol. The third-order valence-corrected chi connectivity index (χ3v) is 2.09. The SMILES string of the molecule is CC(C)N(C)c1cc(N)c(N)cn1. The van der Waals surface area contributed by atoms with E-state index in [4.69, 9.17) is 11.5 Å². The maximum absolute atomic E-state index is 5.67. The smallest absolute Gasteiger partial charge is 0.130 e. The molecule has 1 aromatic rings.